The van der Waals surface area contributed by atoms with Crippen LogP contribution in [0.2, 0.25) is 0 Å². The lowest BCUT2D eigenvalue weighted by atomic mass is 10.2. The van der Waals surface area contributed by atoms with Gasteiger partial charge in [-0.2, -0.15) is 0 Å². The van der Waals surface area contributed by atoms with Crippen LogP contribution in [0.1, 0.15) is 19.8 Å². The van der Waals surface area contributed by atoms with Crippen molar-refractivity contribution in [3.05, 3.63) is 28.5 Å². The van der Waals surface area contributed by atoms with Gasteiger partial charge < -0.3 is 4.90 Å². The Labute approximate surface area is 133 Å². The van der Waals surface area contributed by atoms with Crippen LogP contribution in [0.5, 0.6) is 0 Å². The van der Waals surface area contributed by atoms with Crippen LogP contribution < -0.4 is 4.72 Å². The van der Waals surface area contributed by atoms with Gasteiger partial charge in [0.15, 0.2) is 0 Å². The van der Waals surface area contributed by atoms with Crippen LogP contribution in [0, 0.1) is 11.7 Å². The van der Waals surface area contributed by atoms with Crippen molar-refractivity contribution < 1.29 is 12.8 Å². The summed E-state index contributed by atoms with van der Waals surface area (Å²) in [6, 6.07) is 3.94. The highest BCUT2D eigenvalue weighted by Crippen LogP contribution is 2.19. The molecule has 0 amide bonds. The molecule has 0 radical (unpaired) electrons. The van der Waals surface area contributed by atoms with E-state index in [1.165, 1.54) is 25.0 Å². The molecule has 4 nitrogen and oxygen atoms in total. The lowest BCUT2D eigenvalue weighted by Crippen LogP contribution is -2.34. The second-order valence-corrected chi connectivity index (χ2v) is 8.19. The second kappa shape index (κ2) is 7.17. The molecule has 0 bridgehead atoms. The number of nitrogens with one attached hydrogen (secondary N) is 1. The third-order valence-electron chi connectivity index (χ3n) is 3.57. The number of hydrogen-bond donors (Lipinski definition) is 1. The molecular formula is C14H20BrFN2O2S. The molecule has 1 aromatic carbocycles. The van der Waals surface area contributed by atoms with E-state index in [0.29, 0.717) is 11.0 Å². The Hall–Kier alpha value is -0.500. The van der Waals surface area contributed by atoms with Crippen molar-refractivity contribution in [3.63, 3.8) is 0 Å². The fraction of sp³-hybridized carbons (Fsp3) is 0.571. The van der Waals surface area contributed by atoms with Crippen LogP contribution >= 0.6 is 15.9 Å². The number of benzene rings is 1. The lowest BCUT2D eigenvalue weighted by Gasteiger charge is -2.20. The maximum Gasteiger partial charge on any atom is 0.243 e. The van der Waals surface area contributed by atoms with Crippen molar-refractivity contribution in [2.45, 2.75) is 24.7 Å². The van der Waals surface area contributed by atoms with Gasteiger partial charge in [-0.25, -0.2) is 17.5 Å². The standard InChI is InChI=1S/C14H20BrFN2O2S/c1-11(10-18-6-2-3-7-18)9-17-21(19,20)14-5-4-12(15)8-13(14)16/h4-5,8,11,17H,2-3,6-7,9-10H2,1H3. The van der Waals surface area contributed by atoms with E-state index in [2.05, 4.69) is 25.6 Å². The van der Waals surface area contributed by atoms with Gasteiger partial charge in [-0.1, -0.05) is 22.9 Å². The van der Waals surface area contributed by atoms with Gasteiger partial charge in [0.1, 0.15) is 10.7 Å². The maximum atomic E-state index is 13.7. The molecule has 0 aliphatic carbocycles. The first kappa shape index (κ1) is 16.9. The van der Waals surface area contributed by atoms with Crippen molar-refractivity contribution in [1.82, 2.24) is 9.62 Å². The highest BCUT2D eigenvalue weighted by molar-refractivity contribution is 9.10. The van der Waals surface area contributed by atoms with Crippen molar-refractivity contribution in [2.75, 3.05) is 26.2 Å². The van der Waals surface area contributed by atoms with Gasteiger partial charge in [0.2, 0.25) is 10.0 Å². The van der Waals surface area contributed by atoms with Crippen LogP contribution in [-0.4, -0.2) is 39.5 Å². The Kier molecular flexibility index (Phi) is 5.76. The SMILES string of the molecule is CC(CNS(=O)(=O)c1ccc(Br)cc1F)CN1CCCC1. The minimum absolute atomic E-state index is 0.191. The Morgan fingerprint density at radius 3 is 2.67 bits per heavy atom. The summed E-state index contributed by atoms with van der Waals surface area (Å²) in [6.07, 6.45) is 2.42. The third-order valence-corrected chi connectivity index (χ3v) is 5.52. The van der Waals surface area contributed by atoms with E-state index in [1.54, 1.807) is 0 Å². The zero-order chi connectivity index (χ0) is 15.5. The van der Waals surface area contributed by atoms with E-state index in [1.807, 2.05) is 6.92 Å². The van der Waals surface area contributed by atoms with Gasteiger partial charge in [0.25, 0.3) is 0 Å². The molecule has 2 rings (SSSR count). The summed E-state index contributed by atoms with van der Waals surface area (Å²) in [5, 5.41) is 0. The van der Waals surface area contributed by atoms with Crippen LogP contribution in [0.3, 0.4) is 0 Å². The first-order valence-corrected chi connectivity index (χ1v) is 9.33. The molecule has 7 heteroatoms. The molecule has 1 N–H and O–H groups in total. The van der Waals surface area contributed by atoms with Gasteiger partial charge in [-0.05, 0) is 50.0 Å². The molecule has 1 aromatic rings. The van der Waals surface area contributed by atoms with Gasteiger partial charge in [0.05, 0.1) is 0 Å². The molecule has 1 fully saturated rings. The lowest BCUT2D eigenvalue weighted by molar-refractivity contribution is 0.288. The van der Waals surface area contributed by atoms with Crippen molar-refractivity contribution >= 4 is 26.0 Å². The Morgan fingerprint density at radius 2 is 2.05 bits per heavy atom. The quantitative estimate of drug-likeness (QED) is 0.827. The molecule has 1 heterocycles. The van der Waals surface area contributed by atoms with Crippen LogP contribution in [0.4, 0.5) is 4.39 Å². The normalized spacial score (nSPS) is 18.0. The average Bonchev–Trinajstić information content (AvgIpc) is 2.89. The molecule has 21 heavy (non-hydrogen) atoms. The van der Waals surface area contributed by atoms with Crippen molar-refractivity contribution in [2.24, 2.45) is 5.92 Å². The maximum absolute atomic E-state index is 13.7. The summed E-state index contributed by atoms with van der Waals surface area (Å²) < 4.78 is 41.0. The van der Waals surface area contributed by atoms with E-state index in [4.69, 9.17) is 0 Å². The first-order valence-electron chi connectivity index (χ1n) is 7.05. The molecule has 1 aliphatic rings. The summed E-state index contributed by atoms with van der Waals surface area (Å²) in [5.74, 6) is -0.555. The van der Waals surface area contributed by atoms with E-state index in [9.17, 15) is 12.8 Å². The summed E-state index contributed by atoms with van der Waals surface area (Å²) in [5.41, 5.74) is 0. The number of hydrogen-bond acceptors (Lipinski definition) is 3. The third kappa shape index (κ3) is 4.74. The number of sulfonamides is 1. The van der Waals surface area contributed by atoms with Gasteiger partial charge in [0, 0.05) is 17.6 Å². The Balaban J connectivity index is 1.94. The number of likely N-dealkylation sites (tertiary alicyclic amines) is 1. The topological polar surface area (TPSA) is 49.4 Å². The molecule has 118 valence electrons. The minimum Gasteiger partial charge on any atom is -0.303 e. The van der Waals surface area contributed by atoms with E-state index in [-0.39, 0.29) is 10.8 Å². The predicted molar refractivity (Wildman–Crippen MR) is 84.1 cm³/mol. The van der Waals surface area contributed by atoms with Crippen LogP contribution in [0.15, 0.2) is 27.6 Å². The predicted octanol–water partition coefficient (Wildman–Crippen LogP) is 2.60. The zero-order valence-electron chi connectivity index (χ0n) is 12.0. The van der Waals surface area contributed by atoms with Crippen molar-refractivity contribution in [1.29, 1.82) is 0 Å². The summed E-state index contributed by atoms with van der Waals surface area (Å²) >= 11 is 3.11. The summed E-state index contributed by atoms with van der Waals surface area (Å²) in [4.78, 5) is 2.03. The first-order chi connectivity index (χ1) is 9.88. The van der Waals surface area contributed by atoms with Gasteiger partial charge in [-0.15, -0.1) is 0 Å². The van der Waals surface area contributed by atoms with E-state index >= 15 is 0 Å². The smallest absolute Gasteiger partial charge is 0.243 e. The van der Waals surface area contributed by atoms with E-state index in [0.717, 1.165) is 25.7 Å². The highest BCUT2D eigenvalue weighted by atomic mass is 79.9. The highest BCUT2D eigenvalue weighted by Gasteiger charge is 2.21. The Morgan fingerprint density at radius 1 is 1.38 bits per heavy atom. The Bertz CT molecular complexity index is 589. The largest absolute Gasteiger partial charge is 0.303 e. The minimum atomic E-state index is -3.80. The number of halogens is 2. The van der Waals surface area contributed by atoms with Crippen molar-refractivity contribution in [3.8, 4) is 0 Å². The number of rotatable bonds is 6. The molecule has 1 aliphatic heterocycles. The van der Waals surface area contributed by atoms with Gasteiger partial charge in [-0.3, -0.25) is 0 Å². The molecule has 1 atom stereocenters. The fourth-order valence-electron chi connectivity index (χ4n) is 2.49. The molecule has 0 spiro atoms. The monoisotopic (exact) mass is 378 g/mol. The fourth-order valence-corrected chi connectivity index (χ4v) is 4.05. The molecule has 1 saturated heterocycles. The molecule has 0 aromatic heterocycles. The summed E-state index contributed by atoms with van der Waals surface area (Å²) in [6.45, 7) is 5.34. The van der Waals surface area contributed by atoms with Crippen LogP contribution in [-0.2, 0) is 10.0 Å². The van der Waals surface area contributed by atoms with Gasteiger partial charge >= 0.3 is 0 Å². The number of nitrogens with zero attached hydrogens (tertiary/aromatic N) is 1. The second-order valence-electron chi connectivity index (χ2n) is 5.54. The molecular weight excluding hydrogens is 359 g/mol. The average molecular weight is 379 g/mol. The molecule has 1 unspecified atom stereocenters. The zero-order valence-corrected chi connectivity index (χ0v) is 14.4. The molecule has 0 saturated carbocycles. The van der Waals surface area contributed by atoms with E-state index < -0.39 is 15.8 Å². The van der Waals surface area contributed by atoms with Crippen LogP contribution in [0.25, 0.3) is 0 Å². The summed E-state index contributed by atoms with van der Waals surface area (Å²) in [7, 11) is -3.80.